The van der Waals surface area contributed by atoms with Crippen molar-refractivity contribution in [1.82, 2.24) is 5.32 Å². The summed E-state index contributed by atoms with van der Waals surface area (Å²) in [5, 5.41) is 15.4. The number of amides is 2. The quantitative estimate of drug-likeness (QED) is 0.717. The van der Waals surface area contributed by atoms with E-state index in [1.54, 1.807) is 43.5 Å². The molecule has 7 nitrogen and oxygen atoms in total. The molecule has 0 fully saturated rings. The van der Waals surface area contributed by atoms with Gasteiger partial charge in [-0.15, -0.1) is 0 Å². The second kappa shape index (κ2) is 8.68. The molecule has 2 rings (SSSR count). The standard InChI is InChI=1S/C18H22N2O5/c1-4-25-15-9-8-13(23-2)10-14(15)20-18(22)19-11-12-6-5-7-16(24-3)17(12)21/h5-10,21H,4,11H2,1-3H3,(H2,19,20,22). The molecule has 0 aliphatic carbocycles. The Morgan fingerprint density at radius 3 is 2.60 bits per heavy atom. The van der Waals surface area contributed by atoms with Gasteiger partial charge in [0, 0.05) is 18.2 Å². The third kappa shape index (κ3) is 4.69. The molecule has 2 aromatic carbocycles. The molecule has 0 spiro atoms. The van der Waals surface area contributed by atoms with Gasteiger partial charge in [-0.3, -0.25) is 0 Å². The largest absolute Gasteiger partial charge is 0.504 e. The Bertz CT molecular complexity index is 733. The minimum Gasteiger partial charge on any atom is -0.504 e. The van der Waals surface area contributed by atoms with Crippen molar-refractivity contribution in [2.45, 2.75) is 13.5 Å². The predicted molar refractivity (Wildman–Crippen MR) is 94.7 cm³/mol. The maximum atomic E-state index is 12.2. The maximum absolute atomic E-state index is 12.2. The zero-order chi connectivity index (χ0) is 18.2. The lowest BCUT2D eigenvalue weighted by molar-refractivity contribution is 0.251. The first-order valence-corrected chi connectivity index (χ1v) is 7.79. The molecule has 0 bridgehead atoms. The molecule has 2 amide bonds. The molecule has 0 unspecified atom stereocenters. The van der Waals surface area contributed by atoms with Crippen molar-refractivity contribution in [3.63, 3.8) is 0 Å². The predicted octanol–water partition coefficient (Wildman–Crippen LogP) is 3.13. The minimum absolute atomic E-state index is 0.00156. The van der Waals surface area contributed by atoms with E-state index >= 15 is 0 Å². The Labute approximate surface area is 146 Å². The van der Waals surface area contributed by atoms with E-state index in [0.29, 0.717) is 35.1 Å². The van der Waals surface area contributed by atoms with Gasteiger partial charge >= 0.3 is 6.03 Å². The molecule has 25 heavy (non-hydrogen) atoms. The number of carbonyl (C=O) groups is 1. The highest BCUT2D eigenvalue weighted by Gasteiger charge is 2.11. The molecule has 0 radical (unpaired) electrons. The number of aromatic hydroxyl groups is 1. The summed E-state index contributed by atoms with van der Waals surface area (Å²) in [4.78, 5) is 12.2. The number of phenolic OH excluding ortho intramolecular Hbond substituents is 1. The van der Waals surface area contributed by atoms with Crippen LogP contribution in [0, 0.1) is 0 Å². The van der Waals surface area contributed by atoms with Gasteiger partial charge in [0.25, 0.3) is 0 Å². The Kier molecular flexibility index (Phi) is 6.33. The summed E-state index contributed by atoms with van der Waals surface area (Å²) in [6, 6.07) is 9.81. The van der Waals surface area contributed by atoms with Crippen LogP contribution < -0.4 is 24.8 Å². The number of ether oxygens (including phenoxy) is 3. The summed E-state index contributed by atoms with van der Waals surface area (Å²) in [6.07, 6.45) is 0. The van der Waals surface area contributed by atoms with Crippen LogP contribution in [0.4, 0.5) is 10.5 Å². The van der Waals surface area contributed by atoms with E-state index in [4.69, 9.17) is 14.2 Å². The number of carbonyl (C=O) groups excluding carboxylic acids is 1. The van der Waals surface area contributed by atoms with Crippen molar-refractivity contribution in [2.24, 2.45) is 0 Å². The second-order valence-corrected chi connectivity index (χ2v) is 5.07. The van der Waals surface area contributed by atoms with Crippen molar-refractivity contribution in [1.29, 1.82) is 0 Å². The number of phenols is 1. The third-order valence-electron chi connectivity index (χ3n) is 3.48. The van der Waals surface area contributed by atoms with Gasteiger partial charge in [0.15, 0.2) is 11.5 Å². The van der Waals surface area contributed by atoms with Crippen LogP contribution in [-0.2, 0) is 6.54 Å². The van der Waals surface area contributed by atoms with Crippen molar-refractivity contribution in [3.8, 4) is 23.0 Å². The Morgan fingerprint density at radius 2 is 1.92 bits per heavy atom. The summed E-state index contributed by atoms with van der Waals surface area (Å²) in [5.41, 5.74) is 1.04. The van der Waals surface area contributed by atoms with Crippen LogP contribution in [0.1, 0.15) is 12.5 Å². The smallest absolute Gasteiger partial charge is 0.319 e. The Hall–Kier alpha value is -3.09. The topological polar surface area (TPSA) is 89.1 Å². The molecule has 0 saturated heterocycles. The van der Waals surface area contributed by atoms with Crippen LogP contribution in [0.3, 0.4) is 0 Å². The Morgan fingerprint density at radius 1 is 1.12 bits per heavy atom. The number of para-hydroxylation sites is 1. The van der Waals surface area contributed by atoms with Gasteiger partial charge in [-0.25, -0.2) is 4.79 Å². The highest BCUT2D eigenvalue weighted by atomic mass is 16.5. The van der Waals surface area contributed by atoms with Gasteiger partial charge in [-0.2, -0.15) is 0 Å². The number of hydrogen-bond donors (Lipinski definition) is 3. The number of urea groups is 1. The molecule has 134 valence electrons. The zero-order valence-electron chi connectivity index (χ0n) is 14.5. The van der Waals surface area contributed by atoms with E-state index < -0.39 is 6.03 Å². The van der Waals surface area contributed by atoms with E-state index in [-0.39, 0.29) is 12.3 Å². The molecule has 0 aliphatic heterocycles. The number of methoxy groups -OCH3 is 2. The minimum atomic E-state index is -0.434. The first-order chi connectivity index (χ1) is 12.1. The fourth-order valence-corrected chi connectivity index (χ4v) is 2.23. The number of hydrogen-bond acceptors (Lipinski definition) is 5. The SMILES string of the molecule is CCOc1ccc(OC)cc1NC(=O)NCc1cccc(OC)c1O. The van der Waals surface area contributed by atoms with Crippen LogP contribution >= 0.6 is 0 Å². The highest BCUT2D eigenvalue weighted by molar-refractivity contribution is 5.91. The molecule has 3 N–H and O–H groups in total. The number of anilines is 1. The van der Waals surface area contributed by atoms with E-state index in [1.807, 2.05) is 6.92 Å². The van der Waals surface area contributed by atoms with Crippen LogP contribution in [0.5, 0.6) is 23.0 Å². The monoisotopic (exact) mass is 346 g/mol. The van der Waals surface area contributed by atoms with E-state index in [0.717, 1.165) is 0 Å². The van der Waals surface area contributed by atoms with Crippen LogP contribution in [0.15, 0.2) is 36.4 Å². The third-order valence-corrected chi connectivity index (χ3v) is 3.48. The Balaban J connectivity index is 2.05. The highest BCUT2D eigenvalue weighted by Crippen LogP contribution is 2.30. The van der Waals surface area contributed by atoms with Gasteiger partial charge in [-0.1, -0.05) is 12.1 Å². The van der Waals surface area contributed by atoms with Crippen LogP contribution in [0.2, 0.25) is 0 Å². The normalized spacial score (nSPS) is 10.0. The summed E-state index contributed by atoms with van der Waals surface area (Å²) in [6.45, 7) is 2.47. The van der Waals surface area contributed by atoms with E-state index in [9.17, 15) is 9.90 Å². The molecule has 0 aromatic heterocycles. The molecule has 0 atom stereocenters. The lowest BCUT2D eigenvalue weighted by atomic mass is 10.2. The summed E-state index contributed by atoms with van der Waals surface area (Å²) in [5.74, 6) is 1.50. The molecular formula is C18H22N2O5. The second-order valence-electron chi connectivity index (χ2n) is 5.07. The van der Waals surface area contributed by atoms with Crippen molar-refractivity contribution >= 4 is 11.7 Å². The number of rotatable bonds is 7. The van der Waals surface area contributed by atoms with Gasteiger partial charge in [0.05, 0.1) is 26.5 Å². The maximum Gasteiger partial charge on any atom is 0.319 e. The number of nitrogens with one attached hydrogen (secondary N) is 2. The van der Waals surface area contributed by atoms with E-state index in [2.05, 4.69) is 10.6 Å². The summed E-state index contributed by atoms with van der Waals surface area (Å²) in [7, 11) is 3.02. The fraction of sp³-hybridized carbons (Fsp3) is 0.278. The molecule has 0 saturated carbocycles. The lowest BCUT2D eigenvalue weighted by Crippen LogP contribution is -2.28. The molecule has 0 heterocycles. The molecule has 2 aromatic rings. The first-order valence-electron chi connectivity index (χ1n) is 7.79. The average Bonchev–Trinajstić information content (AvgIpc) is 2.62. The van der Waals surface area contributed by atoms with Gasteiger partial charge < -0.3 is 30.0 Å². The van der Waals surface area contributed by atoms with Gasteiger partial charge in [0.2, 0.25) is 0 Å². The molecule has 0 aliphatic rings. The number of benzene rings is 2. The average molecular weight is 346 g/mol. The first kappa shape index (κ1) is 18.3. The summed E-state index contributed by atoms with van der Waals surface area (Å²) >= 11 is 0. The van der Waals surface area contributed by atoms with Crippen LogP contribution in [-0.4, -0.2) is 32.0 Å². The van der Waals surface area contributed by atoms with Crippen molar-refractivity contribution in [3.05, 3.63) is 42.0 Å². The molecule has 7 heteroatoms. The fourth-order valence-electron chi connectivity index (χ4n) is 2.23. The lowest BCUT2D eigenvalue weighted by Gasteiger charge is -2.14. The van der Waals surface area contributed by atoms with Crippen LogP contribution in [0.25, 0.3) is 0 Å². The zero-order valence-corrected chi connectivity index (χ0v) is 14.5. The van der Waals surface area contributed by atoms with E-state index in [1.165, 1.54) is 7.11 Å². The summed E-state index contributed by atoms with van der Waals surface area (Å²) < 4.78 is 15.7. The van der Waals surface area contributed by atoms with Crippen molar-refractivity contribution < 1.29 is 24.1 Å². The molecular weight excluding hydrogens is 324 g/mol. The van der Waals surface area contributed by atoms with Crippen molar-refractivity contribution in [2.75, 3.05) is 26.1 Å². The van der Waals surface area contributed by atoms with Gasteiger partial charge in [0.1, 0.15) is 11.5 Å². The van der Waals surface area contributed by atoms with Gasteiger partial charge in [-0.05, 0) is 25.1 Å².